The van der Waals surface area contributed by atoms with E-state index in [1.807, 2.05) is 6.08 Å². The fourth-order valence-corrected chi connectivity index (χ4v) is 4.93. The molecule has 202 valence electrons. The second kappa shape index (κ2) is 12.2. The number of carbonyl (C=O) groups excluding carboxylic acids is 1. The molecule has 11 N–H and O–H groups in total. The number of rotatable bonds is 9. The first-order valence-electron chi connectivity index (χ1n) is 12.1. The number of ether oxygens (including phenoxy) is 4. The van der Waals surface area contributed by atoms with Crippen molar-refractivity contribution in [1.29, 1.82) is 0 Å². The Morgan fingerprint density at radius 3 is 2.66 bits per heavy atom. The van der Waals surface area contributed by atoms with Crippen LogP contribution in [-0.4, -0.2) is 109 Å². The van der Waals surface area contributed by atoms with Crippen LogP contribution in [0.15, 0.2) is 11.8 Å². The summed E-state index contributed by atoms with van der Waals surface area (Å²) in [7, 11) is 1.60. The quantitative estimate of drug-likeness (QED) is 0.155. The number of hydrogen-bond acceptors (Lipinski definition) is 12. The second-order valence-electron chi connectivity index (χ2n) is 9.60. The standard InChI is InChI=1S/C22H41N5O8/c1-22(31)10-32-21(17(30)20(22)26-2)35-19-13(27-14(28)6-7-23)8-12(25)18(16(19)29)34-15-5-3-4-11(9-24)33-15/h4,12-13,15-21,26,29-31H,3,5-10,23-25H2,1-2H3,(H,27,28)/t12-,13+,15+,16-,17+,18+,19-,20+,21+,22-/m0/s1. The van der Waals surface area contributed by atoms with E-state index in [1.165, 1.54) is 6.92 Å². The molecule has 1 aliphatic carbocycles. The van der Waals surface area contributed by atoms with E-state index in [4.69, 9.17) is 36.1 Å². The summed E-state index contributed by atoms with van der Waals surface area (Å²) in [6.07, 6.45) is -2.82. The topological polar surface area (TPSA) is 217 Å². The van der Waals surface area contributed by atoms with Crippen molar-refractivity contribution < 1.29 is 39.1 Å². The molecule has 0 spiro atoms. The van der Waals surface area contributed by atoms with Crippen LogP contribution in [0.3, 0.4) is 0 Å². The average Bonchev–Trinajstić information content (AvgIpc) is 2.81. The van der Waals surface area contributed by atoms with Crippen molar-refractivity contribution in [2.24, 2.45) is 17.2 Å². The molecule has 3 rings (SSSR count). The molecule has 0 bridgehead atoms. The predicted molar refractivity (Wildman–Crippen MR) is 124 cm³/mol. The Morgan fingerprint density at radius 2 is 2.00 bits per heavy atom. The highest BCUT2D eigenvalue weighted by atomic mass is 16.7. The molecule has 13 heteroatoms. The molecular formula is C22H41N5O8. The van der Waals surface area contributed by atoms with Crippen LogP contribution in [0.1, 0.15) is 32.6 Å². The lowest BCUT2D eigenvalue weighted by molar-refractivity contribution is -0.303. The summed E-state index contributed by atoms with van der Waals surface area (Å²) in [5, 5.41) is 38.3. The third-order valence-electron chi connectivity index (χ3n) is 6.74. The summed E-state index contributed by atoms with van der Waals surface area (Å²) in [4.78, 5) is 12.3. The number of nitrogens with one attached hydrogen (secondary N) is 2. The monoisotopic (exact) mass is 503 g/mol. The lowest BCUT2D eigenvalue weighted by atomic mass is 9.83. The van der Waals surface area contributed by atoms with Crippen molar-refractivity contribution in [3.05, 3.63) is 11.8 Å². The van der Waals surface area contributed by atoms with Crippen molar-refractivity contribution in [2.75, 3.05) is 26.7 Å². The van der Waals surface area contributed by atoms with Gasteiger partial charge in [0.1, 0.15) is 35.8 Å². The van der Waals surface area contributed by atoms with Crippen LogP contribution in [0.5, 0.6) is 0 Å². The first kappa shape index (κ1) is 28.2. The van der Waals surface area contributed by atoms with Crippen molar-refractivity contribution in [3.63, 3.8) is 0 Å². The van der Waals surface area contributed by atoms with Crippen LogP contribution in [0.25, 0.3) is 0 Å². The van der Waals surface area contributed by atoms with Crippen LogP contribution >= 0.6 is 0 Å². The van der Waals surface area contributed by atoms with E-state index in [0.29, 0.717) is 18.6 Å². The molecule has 2 fully saturated rings. The molecule has 10 atom stereocenters. The highest BCUT2D eigenvalue weighted by molar-refractivity contribution is 5.76. The molecule has 3 aliphatic rings. The summed E-state index contributed by atoms with van der Waals surface area (Å²) >= 11 is 0. The minimum absolute atomic E-state index is 0.0891. The van der Waals surface area contributed by atoms with Gasteiger partial charge in [-0.15, -0.1) is 0 Å². The Morgan fingerprint density at radius 1 is 1.26 bits per heavy atom. The largest absolute Gasteiger partial charge is 0.468 e. The van der Waals surface area contributed by atoms with E-state index < -0.39 is 60.7 Å². The van der Waals surface area contributed by atoms with E-state index in [1.54, 1.807) is 7.05 Å². The summed E-state index contributed by atoms with van der Waals surface area (Å²) in [5.41, 5.74) is 16.2. The number of hydrogen-bond donors (Lipinski definition) is 8. The number of likely N-dealkylation sites (N-methyl/N-ethyl adjacent to an activating group) is 1. The van der Waals surface area contributed by atoms with Crippen molar-refractivity contribution in [1.82, 2.24) is 10.6 Å². The maximum absolute atomic E-state index is 12.3. The summed E-state index contributed by atoms with van der Waals surface area (Å²) in [6, 6.07) is -2.09. The van der Waals surface area contributed by atoms with Crippen molar-refractivity contribution in [3.8, 4) is 0 Å². The number of carbonyl (C=O) groups is 1. The highest BCUT2D eigenvalue weighted by Crippen LogP contribution is 2.32. The normalized spacial score (nSPS) is 42.2. The number of allylic oxidation sites excluding steroid dienone is 1. The van der Waals surface area contributed by atoms with Gasteiger partial charge in [-0.1, -0.05) is 0 Å². The zero-order valence-corrected chi connectivity index (χ0v) is 20.3. The van der Waals surface area contributed by atoms with E-state index in [2.05, 4.69) is 10.6 Å². The number of nitrogens with two attached hydrogens (primary N) is 3. The van der Waals surface area contributed by atoms with Gasteiger partial charge in [-0.05, 0) is 32.9 Å². The van der Waals surface area contributed by atoms with Gasteiger partial charge in [0.25, 0.3) is 0 Å². The SMILES string of the molecule is CN[C@@H]1[C@@H](O)[C@@H](O[C@@H]2[C@@H](O)[C@H](O[C@@H]3CCC=C(CN)O3)[C@@H](N)C[C@H]2NC(=O)CCN)OC[C@]1(C)O. The molecule has 1 saturated carbocycles. The minimum atomic E-state index is -1.34. The maximum atomic E-state index is 12.3. The Hall–Kier alpha value is -1.39. The first-order valence-corrected chi connectivity index (χ1v) is 12.1. The van der Waals surface area contributed by atoms with E-state index in [0.717, 1.165) is 0 Å². The maximum Gasteiger partial charge on any atom is 0.221 e. The van der Waals surface area contributed by atoms with Gasteiger partial charge in [0.15, 0.2) is 12.6 Å². The molecule has 2 aliphatic heterocycles. The molecule has 13 nitrogen and oxygen atoms in total. The molecule has 1 saturated heterocycles. The van der Waals surface area contributed by atoms with Crippen LogP contribution in [0.4, 0.5) is 0 Å². The van der Waals surface area contributed by atoms with Gasteiger partial charge in [0.05, 0.1) is 25.2 Å². The summed E-state index contributed by atoms with van der Waals surface area (Å²) in [6.45, 7) is 1.81. The van der Waals surface area contributed by atoms with Gasteiger partial charge < -0.3 is 62.1 Å². The van der Waals surface area contributed by atoms with Crippen molar-refractivity contribution in [2.45, 2.75) is 93.3 Å². The fraction of sp³-hybridized carbons (Fsp3) is 0.864. The van der Waals surface area contributed by atoms with Crippen LogP contribution in [-0.2, 0) is 23.7 Å². The number of aliphatic hydroxyl groups excluding tert-OH is 2. The lowest BCUT2D eigenvalue weighted by Gasteiger charge is -2.48. The molecule has 0 aromatic carbocycles. The smallest absolute Gasteiger partial charge is 0.221 e. The lowest BCUT2D eigenvalue weighted by Crippen LogP contribution is -2.69. The number of aliphatic hydroxyl groups is 3. The van der Waals surface area contributed by atoms with E-state index in [9.17, 15) is 20.1 Å². The molecule has 0 unspecified atom stereocenters. The van der Waals surface area contributed by atoms with E-state index >= 15 is 0 Å². The Balaban J connectivity index is 1.77. The average molecular weight is 504 g/mol. The summed E-state index contributed by atoms with van der Waals surface area (Å²) < 4.78 is 23.4. The number of amides is 1. The zero-order chi connectivity index (χ0) is 25.8. The van der Waals surface area contributed by atoms with Gasteiger partial charge >= 0.3 is 0 Å². The molecule has 0 aromatic heterocycles. The Kier molecular flexibility index (Phi) is 9.85. The molecule has 1 amide bonds. The highest BCUT2D eigenvalue weighted by Gasteiger charge is 2.51. The molecule has 35 heavy (non-hydrogen) atoms. The molecule has 0 aromatic rings. The van der Waals surface area contributed by atoms with Gasteiger partial charge in [-0.2, -0.15) is 0 Å². The van der Waals surface area contributed by atoms with Gasteiger partial charge in [-0.3, -0.25) is 4.79 Å². The third-order valence-corrected chi connectivity index (χ3v) is 6.74. The Labute approximate surface area is 205 Å². The van der Waals surface area contributed by atoms with Gasteiger partial charge in [-0.25, -0.2) is 0 Å². The molecular weight excluding hydrogens is 462 g/mol. The van der Waals surface area contributed by atoms with Gasteiger partial charge in [0.2, 0.25) is 5.91 Å². The van der Waals surface area contributed by atoms with Crippen molar-refractivity contribution >= 4 is 5.91 Å². The second-order valence-corrected chi connectivity index (χ2v) is 9.60. The van der Waals surface area contributed by atoms with E-state index in [-0.39, 0.29) is 38.4 Å². The molecule has 0 radical (unpaired) electrons. The summed E-state index contributed by atoms with van der Waals surface area (Å²) in [5.74, 6) is 0.281. The fourth-order valence-electron chi connectivity index (χ4n) is 4.93. The Bertz CT molecular complexity index is 741. The van der Waals surface area contributed by atoms with Crippen LogP contribution in [0.2, 0.25) is 0 Å². The van der Waals surface area contributed by atoms with Crippen LogP contribution in [0, 0.1) is 0 Å². The first-order chi connectivity index (χ1) is 16.6. The van der Waals surface area contributed by atoms with Crippen LogP contribution < -0.4 is 27.8 Å². The van der Waals surface area contributed by atoms with Gasteiger partial charge in [0, 0.05) is 25.4 Å². The molecule has 2 heterocycles. The minimum Gasteiger partial charge on any atom is -0.468 e. The predicted octanol–water partition coefficient (Wildman–Crippen LogP) is -3.28. The zero-order valence-electron chi connectivity index (χ0n) is 20.3. The third kappa shape index (κ3) is 6.68.